The molecule has 0 heterocycles. The van der Waals surface area contributed by atoms with Crippen molar-refractivity contribution in [1.29, 1.82) is 0 Å². The summed E-state index contributed by atoms with van der Waals surface area (Å²) in [6.07, 6.45) is 0. The van der Waals surface area contributed by atoms with Gasteiger partial charge in [0.15, 0.2) is 0 Å². The van der Waals surface area contributed by atoms with E-state index in [0.29, 0.717) is 0 Å². The van der Waals surface area contributed by atoms with E-state index in [0.717, 1.165) is 0 Å². The Bertz CT molecular complexity index is 379. The van der Waals surface area contributed by atoms with Gasteiger partial charge in [-0.05, 0) is 28.1 Å². The summed E-state index contributed by atoms with van der Waals surface area (Å²) in [4.78, 5) is 19.0. The van der Waals surface area contributed by atoms with Crippen LogP contribution in [0.3, 0.4) is 0 Å². The largest absolute Gasteiger partial charge is 0.360 e. The molecule has 0 spiro atoms. The van der Waals surface area contributed by atoms with Crippen molar-refractivity contribution in [1.82, 2.24) is 0 Å². The van der Waals surface area contributed by atoms with Crippen molar-refractivity contribution < 1.29 is 9.85 Å². The van der Waals surface area contributed by atoms with E-state index >= 15 is 0 Å². The molecule has 0 unspecified atom stereocenters. The van der Waals surface area contributed by atoms with Crippen LogP contribution in [-0.4, -0.2) is 9.85 Å². The first-order valence-electron chi connectivity index (χ1n) is 2.94. The molecule has 13 heavy (non-hydrogen) atoms. The highest BCUT2D eigenvalue weighted by Gasteiger charge is 2.27. The average molecular weight is 245 g/mol. The number of hydrogen-bond acceptors (Lipinski definition) is 4. The van der Waals surface area contributed by atoms with E-state index in [2.05, 4.69) is 28.1 Å². The molecule has 6 nitrogen and oxygen atoms in total. The maximum atomic E-state index is 10.4. The standard InChI is InChI=1S/C6HBrN2O4/c7-4-2-1-3-5(8(10)11)6(4)9(12)13/h2H. The van der Waals surface area contributed by atoms with Gasteiger partial charge >= 0.3 is 11.4 Å². The van der Waals surface area contributed by atoms with Crippen LogP contribution in [0.2, 0.25) is 0 Å². The highest BCUT2D eigenvalue weighted by atomic mass is 79.9. The second-order valence-corrected chi connectivity index (χ2v) is 2.83. The molecule has 0 fully saturated rings. The van der Waals surface area contributed by atoms with Gasteiger partial charge < -0.3 is 0 Å². The molecule has 0 aliphatic rings. The van der Waals surface area contributed by atoms with Crippen molar-refractivity contribution in [2.24, 2.45) is 0 Å². The number of nitro benzene ring substituents is 2. The molecule has 0 aromatic heterocycles. The quantitative estimate of drug-likeness (QED) is 0.587. The minimum absolute atomic E-state index is 0.0166. The van der Waals surface area contributed by atoms with Crippen molar-refractivity contribution in [3.8, 4) is 0 Å². The van der Waals surface area contributed by atoms with Crippen LogP contribution in [0.25, 0.3) is 0 Å². The smallest absolute Gasteiger partial charge is 0.258 e. The molecular weight excluding hydrogens is 244 g/mol. The maximum Gasteiger partial charge on any atom is 0.360 e. The minimum atomic E-state index is -0.876. The number of benzene rings is 1. The van der Waals surface area contributed by atoms with Crippen molar-refractivity contribution in [2.45, 2.75) is 0 Å². The first-order valence-corrected chi connectivity index (χ1v) is 3.74. The Kier molecular flexibility index (Phi) is 2.57. The van der Waals surface area contributed by atoms with E-state index in [9.17, 15) is 20.2 Å². The van der Waals surface area contributed by atoms with Gasteiger partial charge in [-0.25, -0.2) is 0 Å². The van der Waals surface area contributed by atoms with Crippen LogP contribution in [0.5, 0.6) is 0 Å². The van der Waals surface area contributed by atoms with Crippen LogP contribution in [0.15, 0.2) is 10.5 Å². The molecule has 0 N–H and O–H groups in total. The third kappa shape index (κ3) is 1.81. The SMILES string of the molecule is O=[N+]([O-])c1[c][c]cc(Br)c1[N+](=O)[O-]. The molecule has 1 rings (SSSR count). The molecule has 66 valence electrons. The van der Waals surface area contributed by atoms with Gasteiger partial charge in [-0.2, -0.15) is 0 Å². The van der Waals surface area contributed by atoms with E-state index in [1.165, 1.54) is 6.07 Å². The zero-order valence-electron chi connectivity index (χ0n) is 5.98. The first kappa shape index (κ1) is 9.59. The summed E-state index contributed by atoms with van der Waals surface area (Å²) in [6, 6.07) is 5.55. The maximum absolute atomic E-state index is 10.4. The van der Waals surface area contributed by atoms with Crippen molar-refractivity contribution in [2.75, 3.05) is 0 Å². The molecule has 7 heteroatoms. The fourth-order valence-electron chi connectivity index (χ4n) is 0.714. The molecule has 0 saturated heterocycles. The molecule has 0 bridgehead atoms. The molecular formula is C6HBrN2O4. The zero-order valence-corrected chi connectivity index (χ0v) is 7.57. The van der Waals surface area contributed by atoms with E-state index in [1.54, 1.807) is 0 Å². The number of halogens is 1. The number of rotatable bonds is 2. The molecule has 0 amide bonds. The van der Waals surface area contributed by atoms with Crippen LogP contribution >= 0.6 is 15.9 Å². The fourth-order valence-corrected chi connectivity index (χ4v) is 1.16. The Morgan fingerprint density at radius 1 is 1.31 bits per heavy atom. The Balaban J connectivity index is 3.43. The average Bonchev–Trinajstić information content (AvgIpc) is 2.02. The van der Waals surface area contributed by atoms with E-state index < -0.39 is 21.2 Å². The van der Waals surface area contributed by atoms with Gasteiger partial charge in [-0.15, -0.1) is 0 Å². The normalized spacial score (nSPS) is 9.62. The van der Waals surface area contributed by atoms with Gasteiger partial charge in [0.1, 0.15) is 4.47 Å². The van der Waals surface area contributed by atoms with Crippen molar-refractivity contribution in [3.63, 3.8) is 0 Å². The highest BCUT2D eigenvalue weighted by Crippen LogP contribution is 2.33. The summed E-state index contributed by atoms with van der Waals surface area (Å²) < 4.78 is 0.0166. The summed E-state index contributed by atoms with van der Waals surface area (Å²) in [5, 5.41) is 20.7. The van der Waals surface area contributed by atoms with Crippen molar-refractivity contribution >= 4 is 27.3 Å². The minimum Gasteiger partial charge on any atom is -0.258 e. The van der Waals surface area contributed by atoms with Gasteiger partial charge in [0.25, 0.3) is 0 Å². The van der Waals surface area contributed by atoms with E-state index in [-0.39, 0.29) is 4.47 Å². The molecule has 1 aromatic rings. The Morgan fingerprint density at radius 2 is 1.92 bits per heavy atom. The van der Waals surface area contributed by atoms with Crippen LogP contribution in [0.1, 0.15) is 0 Å². The lowest BCUT2D eigenvalue weighted by atomic mass is 10.3. The monoisotopic (exact) mass is 244 g/mol. The van der Waals surface area contributed by atoms with Crippen LogP contribution in [0.4, 0.5) is 11.4 Å². The van der Waals surface area contributed by atoms with Gasteiger partial charge in [-0.3, -0.25) is 20.2 Å². The number of hydrogen-bond donors (Lipinski definition) is 0. The molecule has 1 aromatic carbocycles. The summed E-state index contributed by atoms with van der Waals surface area (Å²) in [5.74, 6) is 0. The molecule has 0 atom stereocenters. The molecule has 2 radical (unpaired) electrons. The van der Waals surface area contributed by atoms with Gasteiger partial charge in [0, 0.05) is 0 Å². The molecule has 0 aliphatic heterocycles. The Labute approximate surface area is 80.6 Å². The Hall–Kier alpha value is -1.50. The van der Waals surface area contributed by atoms with Crippen LogP contribution in [-0.2, 0) is 0 Å². The van der Waals surface area contributed by atoms with Crippen LogP contribution < -0.4 is 0 Å². The predicted molar refractivity (Wildman–Crippen MR) is 45.1 cm³/mol. The second kappa shape index (κ2) is 3.48. The van der Waals surface area contributed by atoms with Gasteiger partial charge in [-0.1, -0.05) is 0 Å². The molecule has 0 aliphatic carbocycles. The van der Waals surface area contributed by atoms with E-state index in [1.807, 2.05) is 0 Å². The lowest BCUT2D eigenvalue weighted by Gasteiger charge is -1.94. The first-order chi connectivity index (χ1) is 6.04. The number of nitrogens with zero attached hydrogens (tertiary/aromatic N) is 2. The summed E-state index contributed by atoms with van der Waals surface area (Å²) in [6.45, 7) is 0. The topological polar surface area (TPSA) is 86.3 Å². The summed E-state index contributed by atoms with van der Waals surface area (Å²) >= 11 is 2.82. The summed E-state index contributed by atoms with van der Waals surface area (Å²) in [7, 11) is 0. The third-order valence-corrected chi connectivity index (χ3v) is 1.81. The highest BCUT2D eigenvalue weighted by molar-refractivity contribution is 9.10. The van der Waals surface area contributed by atoms with E-state index in [4.69, 9.17) is 0 Å². The Morgan fingerprint density at radius 3 is 2.31 bits per heavy atom. The van der Waals surface area contributed by atoms with Gasteiger partial charge in [0.2, 0.25) is 0 Å². The van der Waals surface area contributed by atoms with Crippen LogP contribution in [0, 0.1) is 32.4 Å². The number of nitro groups is 2. The van der Waals surface area contributed by atoms with Crippen molar-refractivity contribution in [3.05, 3.63) is 42.9 Å². The summed E-state index contributed by atoms with van der Waals surface area (Å²) in [5.41, 5.74) is -1.30. The third-order valence-electron chi connectivity index (χ3n) is 1.21. The predicted octanol–water partition coefficient (Wildman–Crippen LogP) is 1.87. The molecule has 0 saturated carbocycles. The van der Waals surface area contributed by atoms with Gasteiger partial charge in [0.05, 0.1) is 15.9 Å². The second-order valence-electron chi connectivity index (χ2n) is 1.97. The lowest BCUT2D eigenvalue weighted by Crippen LogP contribution is -1.97. The lowest BCUT2D eigenvalue weighted by molar-refractivity contribution is -0.423. The zero-order chi connectivity index (χ0) is 10.0. The fraction of sp³-hybridized carbons (Fsp3) is 0.